The van der Waals surface area contributed by atoms with Crippen molar-refractivity contribution in [2.45, 2.75) is 24.1 Å². The van der Waals surface area contributed by atoms with Crippen LogP contribution < -0.4 is 0 Å². The van der Waals surface area contributed by atoms with Crippen LogP contribution in [0, 0.1) is 5.82 Å². The number of benzene rings is 2. The number of thioether (sulfide) groups is 1. The van der Waals surface area contributed by atoms with Gasteiger partial charge in [-0.3, -0.25) is 4.57 Å². The SMILES string of the molecule is Fc1ccccc1-n1c(SCC2CCCO2)nnc1-c1ccccc1Cl. The first-order valence-corrected chi connectivity index (χ1v) is 9.80. The van der Waals surface area contributed by atoms with Crippen molar-refractivity contribution in [3.05, 3.63) is 59.4 Å². The molecule has 7 heteroatoms. The van der Waals surface area contributed by atoms with E-state index in [4.69, 9.17) is 16.3 Å². The van der Waals surface area contributed by atoms with Gasteiger partial charge in [0.2, 0.25) is 0 Å². The molecule has 0 aliphatic carbocycles. The van der Waals surface area contributed by atoms with Crippen LogP contribution in [0.3, 0.4) is 0 Å². The van der Waals surface area contributed by atoms with Gasteiger partial charge in [0.05, 0.1) is 16.8 Å². The molecule has 0 radical (unpaired) electrons. The summed E-state index contributed by atoms with van der Waals surface area (Å²) in [4.78, 5) is 0. The number of nitrogens with zero attached hydrogens (tertiary/aromatic N) is 3. The van der Waals surface area contributed by atoms with Crippen molar-refractivity contribution in [2.24, 2.45) is 0 Å². The van der Waals surface area contributed by atoms with Gasteiger partial charge in [-0.05, 0) is 37.1 Å². The molecule has 0 bridgehead atoms. The zero-order valence-electron chi connectivity index (χ0n) is 13.9. The average Bonchev–Trinajstić information content (AvgIpc) is 3.30. The van der Waals surface area contributed by atoms with Crippen molar-refractivity contribution in [1.82, 2.24) is 14.8 Å². The van der Waals surface area contributed by atoms with Crippen LogP contribution in [0.5, 0.6) is 0 Å². The van der Waals surface area contributed by atoms with Crippen molar-refractivity contribution in [3.63, 3.8) is 0 Å². The summed E-state index contributed by atoms with van der Waals surface area (Å²) in [6.45, 7) is 0.802. The lowest BCUT2D eigenvalue weighted by molar-refractivity contribution is 0.129. The molecule has 1 atom stereocenters. The molecule has 1 saturated heterocycles. The highest BCUT2D eigenvalue weighted by molar-refractivity contribution is 7.99. The Hall–Kier alpha value is -1.89. The molecule has 1 aliphatic heterocycles. The highest BCUT2D eigenvalue weighted by Gasteiger charge is 2.22. The van der Waals surface area contributed by atoms with Crippen molar-refractivity contribution in [1.29, 1.82) is 0 Å². The molecule has 26 heavy (non-hydrogen) atoms. The summed E-state index contributed by atoms with van der Waals surface area (Å²) in [6, 6.07) is 14.0. The van der Waals surface area contributed by atoms with E-state index in [1.807, 2.05) is 18.2 Å². The highest BCUT2D eigenvalue weighted by atomic mass is 35.5. The Morgan fingerprint density at radius 2 is 1.96 bits per heavy atom. The number of halogens is 2. The number of ether oxygens (including phenoxy) is 1. The van der Waals surface area contributed by atoms with Crippen LogP contribution in [-0.2, 0) is 4.74 Å². The summed E-state index contributed by atoms with van der Waals surface area (Å²) in [7, 11) is 0. The monoisotopic (exact) mass is 389 g/mol. The molecular weight excluding hydrogens is 373 g/mol. The Kier molecular flexibility index (Phi) is 5.24. The van der Waals surface area contributed by atoms with Crippen LogP contribution in [-0.4, -0.2) is 33.2 Å². The fourth-order valence-corrected chi connectivity index (χ4v) is 4.20. The summed E-state index contributed by atoms with van der Waals surface area (Å²) in [5.74, 6) is 0.949. The molecule has 134 valence electrons. The summed E-state index contributed by atoms with van der Waals surface area (Å²) in [5.41, 5.74) is 1.12. The molecule has 0 spiro atoms. The normalized spacial score (nSPS) is 16.9. The number of hydrogen-bond donors (Lipinski definition) is 0. The standard InChI is InChI=1S/C19H17ClFN3OS/c20-15-8-2-1-7-14(15)18-22-23-19(26-12-13-6-5-11-25-13)24(18)17-10-4-3-9-16(17)21/h1-4,7-10,13H,5-6,11-12H2. The molecule has 0 amide bonds. The second-order valence-corrected chi connectivity index (χ2v) is 7.41. The van der Waals surface area contributed by atoms with E-state index < -0.39 is 0 Å². The molecule has 1 aromatic heterocycles. The minimum atomic E-state index is -0.334. The second kappa shape index (κ2) is 7.78. The van der Waals surface area contributed by atoms with E-state index in [1.54, 1.807) is 28.8 Å². The highest BCUT2D eigenvalue weighted by Crippen LogP contribution is 2.33. The maximum Gasteiger partial charge on any atom is 0.196 e. The van der Waals surface area contributed by atoms with Crippen molar-refractivity contribution >= 4 is 23.4 Å². The first-order chi connectivity index (χ1) is 12.7. The van der Waals surface area contributed by atoms with E-state index in [2.05, 4.69) is 10.2 Å². The van der Waals surface area contributed by atoms with Gasteiger partial charge in [0.15, 0.2) is 11.0 Å². The van der Waals surface area contributed by atoms with E-state index in [1.165, 1.54) is 17.8 Å². The van der Waals surface area contributed by atoms with Gasteiger partial charge in [-0.25, -0.2) is 4.39 Å². The molecule has 0 N–H and O–H groups in total. The van der Waals surface area contributed by atoms with Gasteiger partial charge in [-0.1, -0.05) is 47.6 Å². The van der Waals surface area contributed by atoms with Crippen LogP contribution in [0.4, 0.5) is 4.39 Å². The topological polar surface area (TPSA) is 39.9 Å². The minimum absolute atomic E-state index is 0.203. The first-order valence-electron chi connectivity index (χ1n) is 8.43. The molecule has 2 aromatic carbocycles. The fourth-order valence-electron chi connectivity index (χ4n) is 2.97. The Labute approximate surface area is 160 Å². The van der Waals surface area contributed by atoms with Gasteiger partial charge in [-0.15, -0.1) is 10.2 Å². The summed E-state index contributed by atoms with van der Waals surface area (Å²) in [6.07, 6.45) is 2.32. The van der Waals surface area contributed by atoms with Gasteiger partial charge < -0.3 is 4.74 Å². The van der Waals surface area contributed by atoms with E-state index in [0.29, 0.717) is 27.3 Å². The lowest BCUT2D eigenvalue weighted by atomic mass is 10.2. The molecule has 2 heterocycles. The number of rotatable bonds is 5. The van der Waals surface area contributed by atoms with E-state index in [-0.39, 0.29) is 11.9 Å². The molecule has 4 nitrogen and oxygen atoms in total. The third kappa shape index (κ3) is 3.49. The smallest absolute Gasteiger partial charge is 0.196 e. The molecule has 0 saturated carbocycles. The first kappa shape index (κ1) is 17.5. The maximum atomic E-state index is 14.5. The van der Waals surface area contributed by atoms with Crippen LogP contribution in [0.2, 0.25) is 5.02 Å². The molecule has 1 unspecified atom stereocenters. The number of para-hydroxylation sites is 1. The minimum Gasteiger partial charge on any atom is -0.377 e. The predicted molar refractivity (Wildman–Crippen MR) is 101 cm³/mol. The number of aromatic nitrogens is 3. The Bertz CT molecular complexity index is 911. The third-order valence-electron chi connectivity index (χ3n) is 4.26. The molecular formula is C19H17ClFN3OS. The zero-order valence-corrected chi connectivity index (χ0v) is 15.5. The van der Waals surface area contributed by atoms with Crippen molar-refractivity contribution in [2.75, 3.05) is 12.4 Å². The van der Waals surface area contributed by atoms with Crippen molar-refractivity contribution < 1.29 is 9.13 Å². The molecule has 1 aliphatic rings. The Morgan fingerprint density at radius 3 is 2.73 bits per heavy atom. The predicted octanol–water partition coefficient (Wildman–Crippen LogP) is 5.00. The zero-order chi connectivity index (χ0) is 17.9. The van der Waals surface area contributed by atoms with Gasteiger partial charge in [-0.2, -0.15) is 0 Å². The lowest BCUT2D eigenvalue weighted by Crippen LogP contribution is -2.09. The third-order valence-corrected chi connectivity index (χ3v) is 5.65. The van der Waals surface area contributed by atoms with Crippen LogP contribution in [0.1, 0.15) is 12.8 Å². The van der Waals surface area contributed by atoms with Gasteiger partial charge in [0.1, 0.15) is 5.82 Å². The molecule has 3 aromatic rings. The van der Waals surface area contributed by atoms with E-state index >= 15 is 0 Å². The molecule has 1 fully saturated rings. The number of hydrogen-bond acceptors (Lipinski definition) is 4. The summed E-state index contributed by atoms with van der Waals surface area (Å²) < 4.78 is 21.9. The van der Waals surface area contributed by atoms with Crippen LogP contribution in [0.25, 0.3) is 17.1 Å². The second-order valence-electron chi connectivity index (χ2n) is 6.02. The quantitative estimate of drug-likeness (QED) is 0.576. The van der Waals surface area contributed by atoms with E-state index in [9.17, 15) is 4.39 Å². The largest absolute Gasteiger partial charge is 0.377 e. The van der Waals surface area contributed by atoms with E-state index in [0.717, 1.165) is 25.2 Å². The van der Waals surface area contributed by atoms with Gasteiger partial charge >= 0.3 is 0 Å². The van der Waals surface area contributed by atoms with Crippen LogP contribution in [0.15, 0.2) is 53.7 Å². The Morgan fingerprint density at radius 1 is 1.15 bits per heavy atom. The van der Waals surface area contributed by atoms with Crippen molar-refractivity contribution in [3.8, 4) is 17.1 Å². The Balaban J connectivity index is 1.77. The lowest BCUT2D eigenvalue weighted by Gasteiger charge is -2.13. The fraction of sp³-hybridized carbons (Fsp3) is 0.263. The summed E-state index contributed by atoms with van der Waals surface area (Å²) >= 11 is 7.87. The van der Waals surface area contributed by atoms with Gasteiger partial charge in [0.25, 0.3) is 0 Å². The maximum absolute atomic E-state index is 14.5. The van der Waals surface area contributed by atoms with Gasteiger partial charge in [0, 0.05) is 17.9 Å². The average molecular weight is 390 g/mol. The van der Waals surface area contributed by atoms with Crippen LogP contribution >= 0.6 is 23.4 Å². The summed E-state index contributed by atoms with van der Waals surface area (Å²) in [5, 5.41) is 9.79. The molecule has 4 rings (SSSR count).